The average molecular weight is 598 g/mol. The summed E-state index contributed by atoms with van der Waals surface area (Å²) in [4.78, 5) is 44.3. The first kappa shape index (κ1) is 31.2. The number of ether oxygens (including phenoxy) is 1. The van der Waals surface area contributed by atoms with E-state index in [0.717, 1.165) is 4.90 Å². The van der Waals surface area contributed by atoms with Gasteiger partial charge in [-0.15, -0.1) is 0 Å². The van der Waals surface area contributed by atoms with E-state index in [4.69, 9.17) is 4.74 Å². The lowest BCUT2D eigenvalue weighted by Gasteiger charge is -2.38. The molecule has 3 heterocycles. The number of carbonyl (C=O) groups is 3. The number of hydrogen-bond acceptors (Lipinski definition) is 6. The van der Waals surface area contributed by atoms with Crippen LogP contribution in [-0.4, -0.2) is 82.2 Å². The van der Waals surface area contributed by atoms with Crippen LogP contribution in [0.25, 0.3) is 0 Å². The quantitative estimate of drug-likeness (QED) is 0.358. The van der Waals surface area contributed by atoms with Crippen LogP contribution in [0.4, 0.5) is 28.2 Å². The lowest BCUT2D eigenvalue weighted by molar-refractivity contribution is -0.121. The van der Waals surface area contributed by atoms with Crippen molar-refractivity contribution >= 4 is 23.7 Å². The number of nitrogens with one attached hydrogen (secondary N) is 3. The van der Waals surface area contributed by atoms with Gasteiger partial charge in [-0.2, -0.15) is 5.10 Å². The van der Waals surface area contributed by atoms with Crippen molar-refractivity contribution in [3.8, 4) is 0 Å². The highest BCUT2D eigenvalue weighted by atomic mass is 19.3. The second-order valence-electron chi connectivity index (χ2n) is 11.0. The zero-order chi connectivity index (χ0) is 30.7. The molecule has 2 aromatic heterocycles. The van der Waals surface area contributed by atoms with E-state index in [1.807, 2.05) is 13.8 Å². The molecule has 1 aliphatic carbocycles. The number of urea groups is 1. The van der Waals surface area contributed by atoms with Gasteiger partial charge in [0.15, 0.2) is 0 Å². The molecule has 3 N–H and O–H groups in total. The van der Waals surface area contributed by atoms with Crippen molar-refractivity contribution in [2.45, 2.75) is 69.5 Å². The molecular formula is C27H35F4N7O4. The van der Waals surface area contributed by atoms with Crippen molar-refractivity contribution in [2.24, 2.45) is 5.92 Å². The lowest BCUT2D eigenvalue weighted by atomic mass is 9.81. The third-order valence-electron chi connectivity index (χ3n) is 7.48. The van der Waals surface area contributed by atoms with Crippen molar-refractivity contribution < 1.29 is 36.7 Å². The Labute approximate surface area is 240 Å². The van der Waals surface area contributed by atoms with Crippen LogP contribution in [0.15, 0.2) is 30.6 Å². The van der Waals surface area contributed by atoms with Crippen LogP contribution in [-0.2, 0) is 9.53 Å². The number of aromatic nitrogens is 3. The van der Waals surface area contributed by atoms with E-state index in [2.05, 4.69) is 26.0 Å². The fraction of sp³-hybridized carbons (Fsp3) is 0.593. The third kappa shape index (κ3) is 7.36. The van der Waals surface area contributed by atoms with E-state index in [0.29, 0.717) is 5.56 Å². The summed E-state index contributed by atoms with van der Waals surface area (Å²) in [5.74, 6) is -7.82. The number of amides is 4. The molecule has 0 radical (unpaired) electrons. The van der Waals surface area contributed by atoms with Crippen LogP contribution in [0.1, 0.15) is 67.7 Å². The Morgan fingerprint density at radius 2 is 1.86 bits per heavy atom. The van der Waals surface area contributed by atoms with Crippen molar-refractivity contribution in [1.29, 1.82) is 0 Å². The molecular weight excluding hydrogens is 562 g/mol. The maximum atomic E-state index is 14.1. The Balaban J connectivity index is 1.57. The van der Waals surface area contributed by atoms with Crippen molar-refractivity contribution in [1.82, 2.24) is 30.3 Å². The van der Waals surface area contributed by atoms with Gasteiger partial charge >= 0.3 is 6.03 Å². The van der Waals surface area contributed by atoms with E-state index < -0.39 is 73.6 Å². The van der Waals surface area contributed by atoms with Crippen LogP contribution >= 0.6 is 0 Å². The predicted octanol–water partition coefficient (Wildman–Crippen LogP) is 3.77. The number of pyridine rings is 1. The average Bonchev–Trinajstić information content (AvgIpc) is 3.43. The second kappa shape index (κ2) is 12.6. The maximum Gasteiger partial charge on any atom is 0.318 e. The minimum atomic E-state index is -3.16. The molecule has 0 bridgehead atoms. The van der Waals surface area contributed by atoms with Crippen molar-refractivity contribution in [2.75, 3.05) is 32.1 Å². The van der Waals surface area contributed by atoms with Crippen LogP contribution < -0.4 is 16.0 Å². The first-order valence-corrected chi connectivity index (χ1v) is 13.7. The number of alkyl halides is 4. The van der Waals surface area contributed by atoms with Gasteiger partial charge in [-0.3, -0.25) is 14.3 Å². The first-order chi connectivity index (χ1) is 19.8. The van der Waals surface area contributed by atoms with Crippen LogP contribution in [0.5, 0.6) is 0 Å². The van der Waals surface area contributed by atoms with Crippen LogP contribution in [0, 0.1) is 5.92 Å². The van der Waals surface area contributed by atoms with Gasteiger partial charge in [0.25, 0.3) is 11.8 Å². The molecule has 15 heteroatoms. The number of anilines is 1. The lowest BCUT2D eigenvalue weighted by Crippen LogP contribution is -2.58. The van der Waals surface area contributed by atoms with Gasteiger partial charge in [-0.05, 0) is 56.4 Å². The van der Waals surface area contributed by atoms with Gasteiger partial charge in [0.1, 0.15) is 17.6 Å². The summed E-state index contributed by atoms with van der Waals surface area (Å²) in [7, 11) is 1.36. The number of rotatable bonds is 10. The zero-order valence-electron chi connectivity index (χ0n) is 23.6. The largest absolute Gasteiger partial charge is 0.382 e. The molecule has 2 atom stereocenters. The van der Waals surface area contributed by atoms with E-state index in [-0.39, 0.29) is 37.0 Å². The summed E-state index contributed by atoms with van der Waals surface area (Å²) in [6.45, 7) is 1.95. The molecule has 0 unspecified atom stereocenters. The topological polar surface area (TPSA) is 130 Å². The molecule has 2 aromatic rings. The summed E-state index contributed by atoms with van der Waals surface area (Å²) in [6, 6.07) is 1.50. The molecule has 11 nitrogen and oxygen atoms in total. The summed E-state index contributed by atoms with van der Waals surface area (Å²) in [5, 5.41) is 11.7. The standard InChI is InChI=1S/C27H35F4N7O4/c1-16(2)38-19(7-11-34-38)23(39)36-22(17-4-8-26(28,29)9-5-17)24(40)35-21-12-18(6-10-32-21)20(13-42-3)37-15-27(30,31)14-33-25(37)41/h6-7,10-12,16-17,20,22H,4-5,8-9,13-15H2,1-3H3,(H,33,41)(H,36,39)(H,32,35,40)/t20-,22+/m1/s1. The monoisotopic (exact) mass is 597 g/mol. The third-order valence-corrected chi connectivity index (χ3v) is 7.48. The molecule has 1 saturated carbocycles. The molecule has 1 saturated heterocycles. The Kier molecular flexibility index (Phi) is 9.38. The maximum absolute atomic E-state index is 14.1. The number of carbonyl (C=O) groups excluding carboxylic acids is 3. The summed E-state index contributed by atoms with van der Waals surface area (Å²) in [5.41, 5.74) is 0.580. The molecule has 0 aromatic carbocycles. The summed E-state index contributed by atoms with van der Waals surface area (Å²) in [6.07, 6.45) is 1.97. The van der Waals surface area contributed by atoms with Gasteiger partial charge in [0.2, 0.25) is 11.8 Å². The highest BCUT2D eigenvalue weighted by Crippen LogP contribution is 2.38. The smallest absolute Gasteiger partial charge is 0.318 e. The van der Waals surface area contributed by atoms with Crippen LogP contribution in [0.2, 0.25) is 0 Å². The molecule has 4 rings (SSSR count). The SMILES string of the molecule is COC[C@H](c1ccnc(NC(=O)[C@@H](NC(=O)c2ccnn2C(C)C)C2CCC(F)(F)CC2)c1)N1CC(F)(F)CNC1=O. The first-order valence-electron chi connectivity index (χ1n) is 13.7. The van der Waals surface area contributed by atoms with Crippen LogP contribution in [0.3, 0.4) is 0 Å². The number of halogens is 4. The fourth-order valence-corrected chi connectivity index (χ4v) is 5.30. The normalized spacial score (nSPS) is 20.1. The van der Waals surface area contributed by atoms with E-state index in [1.54, 1.807) is 0 Å². The Bertz CT molecular complexity index is 1280. The fourth-order valence-electron chi connectivity index (χ4n) is 5.30. The number of hydrogen-bond donors (Lipinski definition) is 3. The van der Waals surface area contributed by atoms with E-state index >= 15 is 0 Å². The Morgan fingerprint density at radius 1 is 1.14 bits per heavy atom. The number of nitrogens with zero attached hydrogens (tertiary/aromatic N) is 4. The van der Waals surface area contributed by atoms with Crippen molar-refractivity contribution in [3.05, 3.63) is 41.9 Å². The van der Waals surface area contributed by atoms with Gasteiger partial charge in [0, 0.05) is 38.4 Å². The van der Waals surface area contributed by atoms with Gasteiger partial charge < -0.3 is 25.6 Å². The molecule has 0 spiro atoms. The molecule has 1 aliphatic heterocycles. The molecule has 4 amide bonds. The van der Waals surface area contributed by atoms with E-state index in [1.165, 1.54) is 42.4 Å². The number of methoxy groups -OCH3 is 1. The molecule has 42 heavy (non-hydrogen) atoms. The predicted molar refractivity (Wildman–Crippen MR) is 143 cm³/mol. The highest BCUT2D eigenvalue weighted by molar-refractivity contribution is 6.00. The minimum absolute atomic E-state index is 0.0104. The highest BCUT2D eigenvalue weighted by Gasteiger charge is 2.43. The van der Waals surface area contributed by atoms with Crippen molar-refractivity contribution in [3.63, 3.8) is 0 Å². The van der Waals surface area contributed by atoms with E-state index in [9.17, 15) is 31.9 Å². The second-order valence-corrected chi connectivity index (χ2v) is 11.0. The minimum Gasteiger partial charge on any atom is -0.382 e. The molecule has 2 fully saturated rings. The summed E-state index contributed by atoms with van der Waals surface area (Å²) >= 11 is 0. The van der Waals surface area contributed by atoms with Gasteiger partial charge in [0.05, 0.1) is 25.7 Å². The molecule has 2 aliphatic rings. The van der Waals surface area contributed by atoms with Gasteiger partial charge in [-0.1, -0.05) is 0 Å². The summed E-state index contributed by atoms with van der Waals surface area (Å²) < 4.78 is 62.8. The Hall–Kier alpha value is -3.75. The molecule has 230 valence electrons. The Morgan fingerprint density at radius 3 is 2.52 bits per heavy atom. The zero-order valence-corrected chi connectivity index (χ0v) is 23.6. The van der Waals surface area contributed by atoms with Gasteiger partial charge in [-0.25, -0.2) is 27.3 Å².